The van der Waals surface area contributed by atoms with Gasteiger partial charge in [-0.25, -0.2) is 4.98 Å². The van der Waals surface area contributed by atoms with Crippen LogP contribution in [0.5, 0.6) is 5.75 Å². The van der Waals surface area contributed by atoms with Gasteiger partial charge in [-0.1, -0.05) is 44.7 Å². The number of imidazole rings is 1. The average molecular weight is 517 g/mol. The van der Waals surface area contributed by atoms with Gasteiger partial charge in [-0.05, 0) is 69.2 Å². The van der Waals surface area contributed by atoms with Crippen LogP contribution in [0.15, 0.2) is 60.8 Å². The first-order valence-corrected chi connectivity index (χ1v) is 13.1. The van der Waals surface area contributed by atoms with E-state index in [-0.39, 0.29) is 11.3 Å². The van der Waals surface area contributed by atoms with Gasteiger partial charge in [-0.3, -0.25) is 9.59 Å². The quantitative estimate of drug-likeness (QED) is 0.173. The summed E-state index contributed by atoms with van der Waals surface area (Å²) in [5.74, 6) is -0.915. The lowest BCUT2D eigenvalue weighted by Gasteiger charge is -2.26. The second-order valence-electron chi connectivity index (χ2n) is 9.47. The number of aliphatic hydroxyl groups is 1. The second kappa shape index (κ2) is 11.6. The first-order chi connectivity index (χ1) is 18.3. The Morgan fingerprint density at radius 1 is 1.16 bits per heavy atom. The molecule has 1 N–H and O–H groups in total. The molecule has 8 heteroatoms. The molecule has 0 radical (unpaired) electrons. The maximum atomic E-state index is 13.4. The lowest BCUT2D eigenvalue weighted by atomic mass is 9.96. The van der Waals surface area contributed by atoms with Crippen LogP contribution in [-0.2, 0) is 9.59 Å². The highest BCUT2D eigenvalue weighted by molar-refractivity contribution is 6.46. The summed E-state index contributed by atoms with van der Waals surface area (Å²) in [6.07, 6.45) is 4.24. The molecule has 3 heterocycles. The highest BCUT2D eigenvalue weighted by Crippen LogP contribution is 2.40. The Kier molecular flexibility index (Phi) is 8.32. The molecule has 1 unspecified atom stereocenters. The van der Waals surface area contributed by atoms with Gasteiger partial charge >= 0.3 is 0 Å². The number of ketones is 1. The van der Waals surface area contributed by atoms with Crippen LogP contribution in [0.2, 0.25) is 0 Å². The van der Waals surface area contributed by atoms with E-state index < -0.39 is 17.7 Å². The zero-order valence-corrected chi connectivity index (χ0v) is 22.6. The third-order valence-corrected chi connectivity index (χ3v) is 7.18. The van der Waals surface area contributed by atoms with Crippen molar-refractivity contribution in [3.8, 4) is 5.75 Å². The number of pyridine rings is 1. The van der Waals surface area contributed by atoms with E-state index in [1.54, 1.807) is 23.1 Å². The van der Waals surface area contributed by atoms with Crippen molar-refractivity contribution in [2.75, 3.05) is 32.8 Å². The van der Waals surface area contributed by atoms with Crippen molar-refractivity contribution in [1.29, 1.82) is 0 Å². The van der Waals surface area contributed by atoms with Gasteiger partial charge in [0.2, 0.25) is 0 Å². The molecule has 1 aliphatic rings. The van der Waals surface area contributed by atoms with Gasteiger partial charge in [-0.15, -0.1) is 0 Å². The molecule has 2 aromatic heterocycles. The number of hydrogen-bond donors (Lipinski definition) is 1. The van der Waals surface area contributed by atoms with E-state index in [0.29, 0.717) is 42.4 Å². The molecular weight excluding hydrogens is 480 g/mol. The number of aromatic nitrogens is 2. The van der Waals surface area contributed by atoms with Crippen molar-refractivity contribution in [2.24, 2.45) is 0 Å². The number of aliphatic hydroxyl groups excluding tert-OH is 1. The van der Waals surface area contributed by atoms with E-state index in [1.165, 1.54) is 0 Å². The van der Waals surface area contributed by atoms with Gasteiger partial charge < -0.3 is 24.0 Å². The number of ether oxygens (including phenoxy) is 1. The Balaban J connectivity index is 1.79. The van der Waals surface area contributed by atoms with Crippen LogP contribution >= 0.6 is 0 Å². The molecule has 1 atom stereocenters. The van der Waals surface area contributed by atoms with Gasteiger partial charge in [0.1, 0.15) is 23.7 Å². The minimum atomic E-state index is -0.731. The van der Waals surface area contributed by atoms with E-state index in [4.69, 9.17) is 4.74 Å². The normalized spacial score (nSPS) is 17.1. The largest absolute Gasteiger partial charge is 0.505 e. The predicted molar refractivity (Wildman–Crippen MR) is 148 cm³/mol. The van der Waals surface area contributed by atoms with E-state index in [2.05, 4.69) is 30.3 Å². The van der Waals surface area contributed by atoms with Crippen molar-refractivity contribution in [3.05, 3.63) is 83.3 Å². The molecule has 0 aliphatic carbocycles. The minimum absolute atomic E-state index is 0.0572. The summed E-state index contributed by atoms with van der Waals surface area (Å²) in [5.41, 5.74) is 3.41. The Labute approximate surface area is 223 Å². The van der Waals surface area contributed by atoms with Crippen LogP contribution in [-0.4, -0.2) is 68.8 Å². The summed E-state index contributed by atoms with van der Waals surface area (Å²) in [7, 11) is 0. The number of carbonyl (C=O) groups excluding carboxylic acids is 2. The maximum Gasteiger partial charge on any atom is 0.295 e. The summed E-state index contributed by atoms with van der Waals surface area (Å²) in [6.45, 7) is 15.1. The number of benzene rings is 1. The second-order valence-corrected chi connectivity index (χ2v) is 9.47. The highest BCUT2D eigenvalue weighted by Gasteiger charge is 2.46. The highest BCUT2D eigenvalue weighted by atomic mass is 16.5. The van der Waals surface area contributed by atoms with Crippen LogP contribution < -0.4 is 4.74 Å². The Morgan fingerprint density at radius 3 is 2.50 bits per heavy atom. The van der Waals surface area contributed by atoms with Crippen LogP contribution in [0.25, 0.3) is 11.4 Å². The van der Waals surface area contributed by atoms with Crippen molar-refractivity contribution in [1.82, 2.24) is 19.2 Å². The molecular formula is C30H36N4O4. The Bertz CT molecular complexity index is 1370. The number of Topliss-reactive ketones (excluding diaryl/α,β-unsaturated/α-hetero) is 1. The fourth-order valence-electron chi connectivity index (χ4n) is 5.04. The smallest absolute Gasteiger partial charge is 0.295 e. The molecule has 0 bridgehead atoms. The van der Waals surface area contributed by atoms with Crippen LogP contribution in [0.4, 0.5) is 0 Å². The molecule has 4 rings (SSSR count). The molecule has 8 nitrogen and oxygen atoms in total. The summed E-state index contributed by atoms with van der Waals surface area (Å²) in [4.78, 5) is 35.3. The van der Waals surface area contributed by atoms with E-state index in [9.17, 15) is 14.7 Å². The summed E-state index contributed by atoms with van der Waals surface area (Å²) in [6, 6.07) is 10.4. The number of likely N-dealkylation sites (tertiary alicyclic amines) is 1. The van der Waals surface area contributed by atoms with Crippen molar-refractivity contribution in [3.63, 3.8) is 0 Å². The lowest BCUT2D eigenvalue weighted by molar-refractivity contribution is -0.140. The molecule has 1 aromatic carbocycles. The van der Waals surface area contributed by atoms with Gasteiger partial charge in [0.05, 0.1) is 17.3 Å². The number of amides is 1. The number of rotatable bonds is 11. The number of hydrogen-bond acceptors (Lipinski definition) is 6. The average Bonchev–Trinajstić information content (AvgIpc) is 3.40. The van der Waals surface area contributed by atoms with E-state index in [1.807, 2.05) is 48.7 Å². The van der Waals surface area contributed by atoms with Crippen molar-refractivity contribution >= 4 is 23.1 Å². The Morgan fingerprint density at radius 2 is 1.87 bits per heavy atom. The molecule has 200 valence electrons. The van der Waals surface area contributed by atoms with E-state index in [0.717, 1.165) is 30.8 Å². The van der Waals surface area contributed by atoms with E-state index >= 15 is 0 Å². The first kappa shape index (κ1) is 27.1. The summed E-state index contributed by atoms with van der Waals surface area (Å²) >= 11 is 0. The third-order valence-electron chi connectivity index (χ3n) is 7.18. The minimum Gasteiger partial charge on any atom is -0.505 e. The van der Waals surface area contributed by atoms with Gasteiger partial charge in [0.15, 0.2) is 5.76 Å². The predicted octanol–water partition coefficient (Wildman–Crippen LogP) is 4.67. The van der Waals surface area contributed by atoms with Gasteiger partial charge in [0.25, 0.3) is 11.7 Å². The molecule has 1 saturated heterocycles. The molecule has 1 fully saturated rings. The monoisotopic (exact) mass is 516 g/mol. The zero-order valence-electron chi connectivity index (χ0n) is 22.6. The molecule has 0 saturated carbocycles. The number of aryl methyl sites for hydroxylation is 2. The first-order valence-electron chi connectivity index (χ1n) is 13.1. The van der Waals surface area contributed by atoms with Crippen molar-refractivity contribution < 1.29 is 19.4 Å². The number of fused-ring (bicyclic) bond motifs is 1. The third kappa shape index (κ3) is 5.09. The van der Waals surface area contributed by atoms with Crippen molar-refractivity contribution in [2.45, 2.75) is 40.2 Å². The summed E-state index contributed by atoms with van der Waals surface area (Å²) < 4.78 is 7.50. The molecule has 38 heavy (non-hydrogen) atoms. The maximum absolute atomic E-state index is 13.4. The SMILES string of the molecule is C=CCOc1ccc(C2C(=C(O)c3nc4c(C)cccn4c3C)C(=O)C(=O)N2CCCN(CC)CC)cc1. The zero-order chi connectivity index (χ0) is 27.4. The fraction of sp³-hybridized carbons (Fsp3) is 0.367. The molecule has 3 aromatic rings. The van der Waals surface area contributed by atoms with Crippen LogP contribution in [0, 0.1) is 13.8 Å². The standard InChI is InChI=1S/C30H36N4O4/c1-6-19-38-23-14-12-22(13-15-23)26-24(28(36)30(37)34(26)18-10-16-32(7-2)8-3)27(35)25-21(5)33-17-9-11-20(4)29(33)31-25/h6,9,11-15,17,26,35H,1,7-8,10,16,18-19H2,2-5H3. The molecule has 0 spiro atoms. The Hall–Kier alpha value is -3.91. The lowest BCUT2D eigenvalue weighted by Crippen LogP contribution is -2.33. The van der Waals surface area contributed by atoms with Crippen LogP contribution in [0.3, 0.4) is 0 Å². The van der Waals surface area contributed by atoms with Crippen LogP contribution in [0.1, 0.15) is 48.8 Å². The fourth-order valence-corrected chi connectivity index (χ4v) is 5.04. The number of carbonyl (C=O) groups is 2. The molecule has 1 amide bonds. The number of nitrogens with zero attached hydrogens (tertiary/aromatic N) is 4. The summed E-state index contributed by atoms with van der Waals surface area (Å²) in [5, 5.41) is 11.6. The topological polar surface area (TPSA) is 87.4 Å². The van der Waals surface area contributed by atoms with Gasteiger partial charge in [0, 0.05) is 12.7 Å². The van der Waals surface area contributed by atoms with Gasteiger partial charge in [-0.2, -0.15) is 0 Å². The molecule has 1 aliphatic heterocycles.